The van der Waals surface area contributed by atoms with Crippen LogP contribution in [0, 0.1) is 0 Å². The van der Waals surface area contributed by atoms with E-state index in [0.717, 1.165) is 0 Å². The van der Waals surface area contributed by atoms with Gasteiger partial charge in [-0.05, 0) is 18.2 Å². The molecule has 0 aliphatic rings. The molecule has 1 nitrogen and oxygen atoms in total. The summed E-state index contributed by atoms with van der Waals surface area (Å²) in [5.41, 5.74) is 0. The summed E-state index contributed by atoms with van der Waals surface area (Å²) in [7, 11) is 0. The van der Waals surface area contributed by atoms with Crippen molar-refractivity contribution < 1.29 is 34.7 Å². The fourth-order valence-electron chi connectivity index (χ4n) is 0.485. The van der Waals surface area contributed by atoms with Crippen molar-refractivity contribution in [1.82, 2.24) is 0 Å². The zero-order chi connectivity index (χ0) is 6.85. The van der Waals surface area contributed by atoms with E-state index in [1.165, 1.54) is 12.1 Å². The minimum Gasteiger partial charge on any atom is -0.508 e. The Morgan fingerprint density at radius 2 is 1.70 bits per heavy atom. The zero-order valence-corrected chi connectivity index (χ0v) is 8.95. The van der Waals surface area contributed by atoms with Gasteiger partial charge < -0.3 is 5.11 Å². The summed E-state index contributed by atoms with van der Waals surface area (Å²) in [5.74, 6) is 0.129. The van der Waals surface area contributed by atoms with Crippen LogP contribution in [0.5, 0.6) is 5.75 Å². The molecule has 1 N–H and O–H groups in total. The molecule has 0 radical (unpaired) electrons. The third-order valence-corrected chi connectivity index (χ3v) is 1.64. The summed E-state index contributed by atoms with van der Waals surface area (Å²) >= 11 is 11.1. The van der Waals surface area contributed by atoms with E-state index in [-0.39, 0.29) is 35.3 Å². The topological polar surface area (TPSA) is 20.2 Å². The SMILES string of the molecule is Oc1ccc(Cl)c(Cl)c1.[Na+]. The Morgan fingerprint density at radius 1 is 1.10 bits per heavy atom. The van der Waals surface area contributed by atoms with Crippen molar-refractivity contribution in [2.45, 2.75) is 0 Å². The second-order valence-electron chi connectivity index (χ2n) is 1.60. The first-order valence-corrected chi connectivity index (χ1v) is 3.10. The second-order valence-corrected chi connectivity index (χ2v) is 2.41. The smallest absolute Gasteiger partial charge is 0.508 e. The van der Waals surface area contributed by atoms with Gasteiger partial charge in [-0.2, -0.15) is 0 Å². The quantitative estimate of drug-likeness (QED) is 0.551. The first-order valence-electron chi connectivity index (χ1n) is 2.34. The summed E-state index contributed by atoms with van der Waals surface area (Å²) in [6.45, 7) is 0. The van der Waals surface area contributed by atoms with Crippen molar-refractivity contribution in [2.24, 2.45) is 0 Å². The zero-order valence-electron chi connectivity index (χ0n) is 5.44. The van der Waals surface area contributed by atoms with Gasteiger partial charge in [0, 0.05) is 0 Å². The van der Waals surface area contributed by atoms with Crippen LogP contribution in [0.25, 0.3) is 0 Å². The number of benzene rings is 1. The molecular formula is C6H4Cl2NaO+. The van der Waals surface area contributed by atoms with Crippen molar-refractivity contribution in [3.05, 3.63) is 28.2 Å². The Hall–Kier alpha value is 0.600. The van der Waals surface area contributed by atoms with Gasteiger partial charge in [-0.15, -0.1) is 0 Å². The van der Waals surface area contributed by atoms with Crippen LogP contribution in [0.1, 0.15) is 0 Å². The van der Waals surface area contributed by atoms with Gasteiger partial charge in [0.2, 0.25) is 0 Å². The third kappa shape index (κ3) is 2.69. The largest absolute Gasteiger partial charge is 1.00 e. The number of aromatic hydroxyl groups is 1. The minimum absolute atomic E-state index is 0. The van der Waals surface area contributed by atoms with Crippen LogP contribution in [0.2, 0.25) is 10.0 Å². The van der Waals surface area contributed by atoms with Gasteiger partial charge in [0.05, 0.1) is 10.0 Å². The fourth-order valence-corrected chi connectivity index (χ4v) is 0.777. The minimum atomic E-state index is 0. The van der Waals surface area contributed by atoms with Crippen molar-refractivity contribution in [2.75, 3.05) is 0 Å². The molecule has 0 aliphatic heterocycles. The Bertz CT molecular complexity index is 227. The average molecular weight is 186 g/mol. The molecule has 1 rings (SSSR count). The molecule has 0 fully saturated rings. The van der Waals surface area contributed by atoms with Crippen molar-refractivity contribution in [3.8, 4) is 5.75 Å². The summed E-state index contributed by atoms with van der Waals surface area (Å²) in [5, 5.41) is 9.62. The van der Waals surface area contributed by atoms with E-state index in [0.29, 0.717) is 10.0 Å². The molecule has 1 aromatic carbocycles. The third-order valence-electron chi connectivity index (χ3n) is 0.903. The first-order chi connectivity index (χ1) is 4.20. The molecule has 0 amide bonds. The van der Waals surface area contributed by atoms with Gasteiger partial charge in [-0.3, -0.25) is 0 Å². The number of hydrogen-bond acceptors (Lipinski definition) is 1. The normalized spacial score (nSPS) is 8.60. The van der Waals surface area contributed by atoms with Gasteiger partial charge in [-0.1, -0.05) is 23.2 Å². The molecule has 0 aromatic heterocycles. The average Bonchev–Trinajstić information content (AvgIpc) is 1.80. The second kappa shape index (κ2) is 4.47. The molecule has 0 heterocycles. The summed E-state index contributed by atoms with van der Waals surface area (Å²) in [6, 6.07) is 4.41. The maximum atomic E-state index is 8.79. The molecule has 48 valence electrons. The van der Waals surface area contributed by atoms with Gasteiger partial charge in [-0.25, -0.2) is 0 Å². The van der Waals surface area contributed by atoms with Crippen LogP contribution in [-0.2, 0) is 0 Å². The van der Waals surface area contributed by atoms with E-state index < -0.39 is 0 Å². The molecule has 10 heavy (non-hydrogen) atoms. The molecule has 0 saturated heterocycles. The van der Waals surface area contributed by atoms with Gasteiger partial charge in [0.25, 0.3) is 0 Å². The molecule has 0 unspecified atom stereocenters. The molecule has 1 aromatic rings. The predicted octanol–water partition coefficient (Wildman–Crippen LogP) is -0.297. The fraction of sp³-hybridized carbons (Fsp3) is 0. The van der Waals surface area contributed by atoms with Crippen LogP contribution in [0.4, 0.5) is 0 Å². The number of rotatable bonds is 0. The van der Waals surface area contributed by atoms with Crippen LogP contribution in [0.15, 0.2) is 18.2 Å². The van der Waals surface area contributed by atoms with Crippen LogP contribution >= 0.6 is 23.2 Å². The van der Waals surface area contributed by atoms with Crippen LogP contribution < -0.4 is 29.6 Å². The Labute approximate surface area is 91.2 Å². The van der Waals surface area contributed by atoms with E-state index in [1.54, 1.807) is 6.07 Å². The summed E-state index contributed by atoms with van der Waals surface area (Å²) in [6.07, 6.45) is 0. The number of phenolic OH excluding ortho intramolecular Hbond substituents is 1. The summed E-state index contributed by atoms with van der Waals surface area (Å²) < 4.78 is 0. The maximum Gasteiger partial charge on any atom is 1.00 e. The molecule has 0 aliphatic carbocycles. The molecule has 0 bridgehead atoms. The molecule has 0 atom stereocenters. The van der Waals surface area contributed by atoms with E-state index in [9.17, 15) is 0 Å². The monoisotopic (exact) mass is 185 g/mol. The number of halogens is 2. The van der Waals surface area contributed by atoms with E-state index in [1.807, 2.05) is 0 Å². The predicted molar refractivity (Wildman–Crippen MR) is 38.1 cm³/mol. The molecular weight excluding hydrogens is 182 g/mol. The van der Waals surface area contributed by atoms with Gasteiger partial charge >= 0.3 is 29.6 Å². The number of hydrogen-bond donors (Lipinski definition) is 1. The molecule has 0 spiro atoms. The standard InChI is InChI=1S/C6H4Cl2O.Na/c7-5-2-1-4(9)3-6(5)8;/h1-3,9H;/q;+1. The van der Waals surface area contributed by atoms with Crippen molar-refractivity contribution in [1.29, 1.82) is 0 Å². The van der Waals surface area contributed by atoms with Gasteiger partial charge in [0.15, 0.2) is 0 Å². The van der Waals surface area contributed by atoms with Gasteiger partial charge in [0.1, 0.15) is 5.75 Å². The summed E-state index contributed by atoms with van der Waals surface area (Å²) in [4.78, 5) is 0. The van der Waals surface area contributed by atoms with E-state index >= 15 is 0 Å². The van der Waals surface area contributed by atoms with Crippen LogP contribution in [0.3, 0.4) is 0 Å². The van der Waals surface area contributed by atoms with Crippen LogP contribution in [-0.4, -0.2) is 5.11 Å². The Balaban J connectivity index is 0.000000810. The Morgan fingerprint density at radius 3 is 2.10 bits per heavy atom. The molecule has 0 saturated carbocycles. The molecule has 4 heteroatoms. The van der Waals surface area contributed by atoms with E-state index in [2.05, 4.69) is 0 Å². The maximum absolute atomic E-state index is 8.79. The first kappa shape index (κ1) is 10.6. The number of phenols is 1. The van der Waals surface area contributed by atoms with E-state index in [4.69, 9.17) is 28.3 Å². The van der Waals surface area contributed by atoms with Crippen molar-refractivity contribution >= 4 is 23.2 Å². The van der Waals surface area contributed by atoms with Crippen molar-refractivity contribution in [3.63, 3.8) is 0 Å². The Kier molecular flexibility index (Phi) is 4.74.